The van der Waals surface area contributed by atoms with Gasteiger partial charge in [-0.25, -0.2) is 0 Å². The van der Waals surface area contributed by atoms with E-state index in [2.05, 4.69) is 54.8 Å². The molecule has 1 heterocycles. The Kier molecular flexibility index (Phi) is 5.87. The van der Waals surface area contributed by atoms with Crippen LogP contribution in [0.15, 0.2) is 31.0 Å². The van der Waals surface area contributed by atoms with Gasteiger partial charge in [0.25, 0.3) is 0 Å². The van der Waals surface area contributed by atoms with E-state index in [-0.39, 0.29) is 0 Å². The van der Waals surface area contributed by atoms with Crippen LogP contribution in [-0.4, -0.2) is 29.5 Å². The first kappa shape index (κ1) is 13.9. The van der Waals surface area contributed by atoms with Crippen molar-refractivity contribution in [2.45, 2.75) is 33.0 Å². The van der Waals surface area contributed by atoms with Gasteiger partial charge in [-0.15, -0.1) is 6.58 Å². The van der Waals surface area contributed by atoms with Crippen molar-refractivity contribution in [3.63, 3.8) is 0 Å². The number of rotatable bonds is 7. The molecule has 0 aromatic carbocycles. The van der Waals surface area contributed by atoms with Crippen LogP contribution in [0.3, 0.4) is 0 Å². The highest BCUT2D eigenvalue weighted by Crippen LogP contribution is 2.03. The number of nitrogens with one attached hydrogen (secondary N) is 1. The molecule has 1 rings (SSSR count). The number of pyridine rings is 1. The van der Waals surface area contributed by atoms with Crippen molar-refractivity contribution >= 4 is 0 Å². The highest BCUT2D eigenvalue weighted by atomic mass is 15.1. The van der Waals surface area contributed by atoms with Crippen LogP contribution in [0.4, 0.5) is 0 Å². The van der Waals surface area contributed by atoms with Gasteiger partial charge in [0.2, 0.25) is 0 Å². The van der Waals surface area contributed by atoms with E-state index in [1.807, 2.05) is 12.3 Å². The summed E-state index contributed by atoms with van der Waals surface area (Å²) in [6.45, 7) is 10.7. The van der Waals surface area contributed by atoms with E-state index in [0.29, 0.717) is 6.04 Å². The van der Waals surface area contributed by atoms with Gasteiger partial charge >= 0.3 is 0 Å². The second-order valence-corrected chi connectivity index (χ2v) is 4.68. The zero-order valence-electron chi connectivity index (χ0n) is 11.1. The van der Waals surface area contributed by atoms with Gasteiger partial charge in [0, 0.05) is 31.9 Å². The molecule has 0 unspecified atom stereocenters. The molecule has 3 nitrogen and oxygen atoms in total. The van der Waals surface area contributed by atoms with E-state index in [4.69, 9.17) is 0 Å². The summed E-state index contributed by atoms with van der Waals surface area (Å²) in [5.41, 5.74) is 2.33. The summed E-state index contributed by atoms with van der Waals surface area (Å²) in [7, 11) is 2.07. The van der Waals surface area contributed by atoms with E-state index in [9.17, 15) is 0 Å². The third-order valence-electron chi connectivity index (χ3n) is 2.47. The van der Waals surface area contributed by atoms with Crippen LogP contribution < -0.4 is 5.32 Å². The van der Waals surface area contributed by atoms with Crippen molar-refractivity contribution in [3.05, 3.63) is 42.2 Å². The summed E-state index contributed by atoms with van der Waals surface area (Å²) >= 11 is 0. The Labute approximate surface area is 105 Å². The summed E-state index contributed by atoms with van der Waals surface area (Å²) in [6, 6.07) is 4.74. The minimum Gasteiger partial charge on any atom is -0.310 e. The van der Waals surface area contributed by atoms with Crippen LogP contribution in [0.1, 0.15) is 25.1 Å². The summed E-state index contributed by atoms with van der Waals surface area (Å²) in [5.74, 6) is 0. The summed E-state index contributed by atoms with van der Waals surface area (Å²) in [4.78, 5) is 6.64. The number of aromatic nitrogens is 1. The third kappa shape index (κ3) is 5.61. The Bertz CT molecular complexity index is 330. The molecule has 0 bridgehead atoms. The second-order valence-electron chi connectivity index (χ2n) is 4.68. The van der Waals surface area contributed by atoms with Crippen molar-refractivity contribution in [2.24, 2.45) is 0 Å². The SMILES string of the molecule is C=CCN(C)Cc1ccc(CNC(C)C)cn1. The molecule has 0 aliphatic heterocycles. The monoisotopic (exact) mass is 233 g/mol. The zero-order chi connectivity index (χ0) is 12.7. The summed E-state index contributed by atoms with van der Waals surface area (Å²) in [5, 5.41) is 3.38. The van der Waals surface area contributed by atoms with E-state index in [1.54, 1.807) is 0 Å². The predicted octanol–water partition coefficient (Wildman–Crippen LogP) is 2.20. The van der Waals surface area contributed by atoms with Gasteiger partial charge in [-0.2, -0.15) is 0 Å². The lowest BCUT2D eigenvalue weighted by atomic mass is 10.2. The fraction of sp³-hybridized carbons (Fsp3) is 0.500. The lowest BCUT2D eigenvalue weighted by molar-refractivity contribution is 0.359. The minimum atomic E-state index is 0.508. The Morgan fingerprint density at radius 2 is 2.24 bits per heavy atom. The van der Waals surface area contributed by atoms with Gasteiger partial charge in [-0.1, -0.05) is 26.0 Å². The first-order valence-corrected chi connectivity index (χ1v) is 6.08. The number of likely N-dealkylation sites (N-methyl/N-ethyl adjacent to an activating group) is 1. The number of hydrogen-bond donors (Lipinski definition) is 1. The quantitative estimate of drug-likeness (QED) is 0.732. The molecule has 0 radical (unpaired) electrons. The molecule has 0 amide bonds. The lowest BCUT2D eigenvalue weighted by Gasteiger charge is -2.14. The molecular formula is C14H23N3. The maximum atomic E-state index is 4.46. The molecule has 3 heteroatoms. The maximum absolute atomic E-state index is 4.46. The van der Waals surface area contributed by atoms with Crippen molar-refractivity contribution < 1.29 is 0 Å². The van der Waals surface area contributed by atoms with E-state index < -0.39 is 0 Å². The van der Waals surface area contributed by atoms with Gasteiger partial charge in [0.15, 0.2) is 0 Å². The standard InChI is InChI=1S/C14H23N3/c1-5-8-17(4)11-14-7-6-13(10-16-14)9-15-12(2)3/h5-7,10,12,15H,1,8-9,11H2,2-4H3. The molecule has 0 atom stereocenters. The van der Waals surface area contributed by atoms with Crippen molar-refractivity contribution in [3.8, 4) is 0 Å². The molecule has 0 aliphatic carbocycles. The van der Waals surface area contributed by atoms with Crippen LogP contribution in [0, 0.1) is 0 Å². The van der Waals surface area contributed by atoms with Gasteiger partial charge < -0.3 is 5.32 Å². The maximum Gasteiger partial charge on any atom is 0.0544 e. The topological polar surface area (TPSA) is 28.2 Å². The Morgan fingerprint density at radius 1 is 1.47 bits per heavy atom. The first-order valence-electron chi connectivity index (χ1n) is 6.08. The van der Waals surface area contributed by atoms with Gasteiger partial charge in [-0.3, -0.25) is 9.88 Å². The summed E-state index contributed by atoms with van der Waals surface area (Å²) in [6.07, 6.45) is 3.85. The molecule has 1 N–H and O–H groups in total. The predicted molar refractivity (Wildman–Crippen MR) is 72.7 cm³/mol. The Morgan fingerprint density at radius 3 is 2.76 bits per heavy atom. The minimum absolute atomic E-state index is 0.508. The van der Waals surface area contributed by atoms with Crippen LogP contribution in [0.2, 0.25) is 0 Å². The molecule has 0 fully saturated rings. The van der Waals surface area contributed by atoms with Gasteiger partial charge in [0.1, 0.15) is 0 Å². The van der Waals surface area contributed by atoms with Gasteiger partial charge in [-0.05, 0) is 18.7 Å². The molecule has 0 saturated heterocycles. The van der Waals surface area contributed by atoms with Crippen molar-refractivity contribution in [2.75, 3.05) is 13.6 Å². The normalized spacial score (nSPS) is 11.1. The molecule has 1 aromatic rings. The highest BCUT2D eigenvalue weighted by molar-refractivity contribution is 5.14. The van der Waals surface area contributed by atoms with Crippen LogP contribution in [0.5, 0.6) is 0 Å². The molecule has 0 saturated carbocycles. The molecule has 1 aromatic heterocycles. The van der Waals surface area contributed by atoms with Crippen molar-refractivity contribution in [1.82, 2.24) is 15.2 Å². The summed E-state index contributed by atoms with van der Waals surface area (Å²) < 4.78 is 0. The third-order valence-corrected chi connectivity index (χ3v) is 2.47. The van der Waals surface area contributed by atoms with E-state index >= 15 is 0 Å². The molecule has 0 spiro atoms. The highest BCUT2D eigenvalue weighted by Gasteiger charge is 2.00. The largest absolute Gasteiger partial charge is 0.310 e. The fourth-order valence-corrected chi connectivity index (χ4v) is 1.54. The van der Waals surface area contributed by atoms with Crippen molar-refractivity contribution in [1.29, 1.82) is 0 Å². The van der Waals surface area contributed by atoms with E-state index in [1.165, 1.54) is 5.56 Å². The number of hydrogen-bond acceptors (Lipinski definition) is 3. The molecule has 0 aliphatic rings. The zero-order valence-corrected chi connectivity index (χ0v) is 11.1. The Hall–Kier alpha value is -1.19. The van der Waals surface area contributed by atoms with E-state index in [0.717, 1.165) is 25.3 Å². The molecule has 17 heavy (non-hydrogen) atoms. The Balaban J connectivity index is 2.46. The molecular weight excluding hydrogens is 210 g/mol. The number of nitrogens with zero attached hydrogens (tertiary/aromatic N) is 2. The van der Waals surface area contributed by atoms with Crippen LogP contribution in [-0.2, 0) is 13.1 Å². The van der Waals surface area contributed by atoms with Gasteiger partial charge in [0.05, 0.1) is 5.69 Å². The average Bonchev–Trinajstić information content (AvgIpc) is 2.28. The fourth-order valence-electron chi connectivity index (χ4n) is 1.54. The lowest BCUT2D eigenvalue weighted by Crippen LogP contribution is -2.22. The molecule has 94 valence electrons. The van der Waals surface area contributed by atoms with Crippen LogP contribution >= 0.6 is 0 Å². The average molecular weight is 233 g/mol. The second kappa shape index (κ2) is 7.20. The first-order chi connectivity index (χ1) is 8.11. The smallest absolute Gasteiger partial charge is 0.0544 e. The van der Waals surface area contributed by atoms with Crippen LogP contribution in [0.25, 0.3) is 0 Å².